The van der Waals surface area contributed by atoms with Gasteiger partial charge in [-0.2, -0.15) is 0 Å². The van der Waals surface area contributed by atoms with E-state index in [1.807, 2.05) is 24.4 Å². The molecular formula is C23H32ClN7O2. The number of nitrogens with one attached hydrogen (secondary N) is 2. The Morgan fingerprint density at radius 1 is 1.27 bits per heavy atom. The monoisotopic (exact) mass is 473 g/mol. The molecule has 2 aliphatic rings. The zero-order valence-corrected chi connectivity index (χ0v) is 19.7. The normalized spacial score (nSPS) is 19.1. The zero-order chi connectivity index (χ0) is 22.6. The van der Waals surface area contributed by atoms with Gasteiger partial charge in [0, 0.05) is 12.3 Å². The van der Waals surface area contributed by atoms with Crippen molar-refractivity contribution in [2.45, 2.75) is 19.3 Å². The smallest absolute Gasteiger partial charge is 0.175 e. The van der Waals surface area contributed by atoms with Gasteiger partial charge in [0.2, 0.25) is 0 Å². The van der Waals surface area contributed by atoms with Crippen LogP contribution in [0.25, 0.3) is 5.52 Å². The number of anilines is 1. The van der Waals surface area contributed by atoms with Gasteiger partial charge in [-0.1, -0.05) is 6.07 Å². The molecule has 0 amide bonds. The summed E-state index contributed by atoms with van der Waals surface area (Å²) in [5.74, 6) is 1.09. The largest absolute Gasteiger partial charge is 1.00 e. The summed E-state index contributed by atoms with van der Waals surface area (Å²) in [4.78, 5) is 4.78. The number of halogens is 1. The fraction of sp³-hybridized carbons (Fsp3) is 0.435. The predicted molar refractivity (Wildman–Crippen MR) is 127 cm³/mol. The van der Waals surface area contributed by atoms with E-state index in [4.69, 9.17) is 26.0 Å². The Kier molecular flexibility index (Phi) is 8.12. The zero-order valence-electron chi connectivity index (χ0n) is 18.9. The highest BCUT2D eigenvalue weighted by atomic mass is 35.5. The molecule has 0 bridgehead atoms. The van der Waals surface area contributed by atoms with Gasteiger partial charge in [0.1, 0.15) is 18.1 Å². The van der Waals surface area contributed by atoms with Crippen molar-refractivity contribution in [1.29, 1.82) is 5.41 Å². The Balaban J connectivity index is 0.00000306. The standard InChI is InChI=1S/C23H32N7O2.ClH/c1-30(10-5-2-6-11-30)12-8-26-23-22(20-7-3-4-9-29(20)28-23)27-19-16-21(32-14-13-31)18(25)15-17(19)24;/h3-4,7,9,15-16,24,31H,2,5-6,8,10-14,25H2,1H3,(H,26,28);1H/q+1;/p-1. The molecule has 4 rings (SSSR count). The van der Waals surface area contributed by atoms with Crippen molar-refractivity contribution < 1.29 is 26.7 Å². The molecule has 5 N–H and O–H groups in total. The summed E-state index contributed by atoms with van der Waals surface area (Å²) in [5, 5.41) is 25.6. The number of piperidine rings is 1. The maximum atomic E-state index is 9.05. The third kappa shape index (κ3) is 5.73. The molecule has 2 aromatic heterocycles. The maximum Gasteiger partial charge on any atom is 0.175 e. The van der Waals surface area contributed by atoms with Crippen LogP contribution in [0.3, 0.4) is 0 Å². The molecule has 0 aromatic carbocycles. The highest BCUT2D eigenvalue weighted by Crippen LogP contribution is 2.31. The van der Waals surface area contributed by atoms with E-state index >= 15 is 0 Å². The van der Waals surface area contributed by atoms with Gasteiger partial charge in [-0.3, -0.25) is 5.41 Å². The van der Waals surface area contributed by atoms with Gasteiger partial charge in [0.25, 0.3) is 0 Å². The van der Waals surface area contributed by atoms with Gasteiger partial charge < -0.3 is 37.8 Å². The number of nitrogens with zero attached hydrogens (tertiary/aromatic N) is 4. The molecule has 1 saturated heterocycles. The molecule has 3 heterocycles. The molecule has 2 aromatic rings. The van der Waals surface area contributed by atoms with Crippen molar-refractivity contribution in [3.63, 3.8) is 0 Å². The number of ether oxygens (including phenoxy) is 1. The minimum atomic E-state index is -0.117. The summed E-state index contributed by atoms with van der Waals surface area (Å²) < 4.78 is 8.38. The summed E-state index contributed by atoms with van der Waals surface area (Å²) in [6, 6.07) is 5.83. The Labute approximate surface area is 200 Å². The minimum Gasteiger partial charge on any atom is -1.00 e. The molecule has 0 unspecified atom stereocenters. The Morgan fingerprint density at radius 2 is 2.06 bits per heavy atom. The van der Waals surface area contributed by atoms with Gasteiger partial charge >= 0.3 is 0 Å². The molecule has 1 aliphatic carbocycles. The van der Waals surface area contributed by atoms with E-state index in [1.165, 1.54) is 38.4 Å². The number of pyridine rings is 1. The average Bonchev–Trinajstić information content (AvgIpc) is 3.12. The minimum absolute atomic E-state index is 0. The molecule has 0 atom stereocenters. The summed E-state index contributed by atoms with van der Waals surface area (Å²) in [5.41, 5.74) is 8.48. The first kappa shape index (κ1) is 24.8. The topological polar surface area (TPSA) is 121 Å². The molecule has 178 valence electrons. The number of quaternary nitrogens is 1. The van der Waals surface area contributed by atoms with Crippen LogP contribution in [0.5, 0.6) is 0 Å². The van der Waals surface area contributed by atoms with Crippen LogP contribution in [0.2, 0.25) is 0 Å². The van der Waals surface area contributed by atoms with Crippen LogP contribution in [0.4, 0.5) is 11.5 Å². The number of hydrogen-bond acceptors (Lipinski definition) is 7. The lowest BCUT2D eigenvalue weighted by Gasteiger charge is -2.37. The molecule has 0 radical (unpaired) electrons. The number of fused-ring (bicyclic) bond motifs is 1. The molecule has 10 heteroatoms. The maximum absolute atomic E-state index is 9.05. The number of aliphatic imine (C=N–C) groups is 1. The van der Waals surface area contributed by atoms with E-state index in [9.17, 15) is 0 Å². The van der Waals surface area contributed by atoms with Gasteiger partial charge in [0.05, 0.1) is 62.5 Å². The highest BCUT2D eigenvalue weighted by molar-refractivity contribution is 6.50. The number of likely N-dealkylation sites (tertiary alicyclic amines) is 1. The van der Waals surface area contributed by atoms with Crippen LogP contribution in [0.15, 0.2) is 53.0 Å². The Hall–Kier alpha value is -2.88. The van der Waals surface area contributed by atoms with Gasteiger partial charge in [-0.15, -0.1) is 5.10 Å². The molecule has 0 spiro atoms. The predicted octanol–water partition coefficient (Wildman–Crippen LogP) is -0.778. The summed E-state index contributed by atoms with van der Waals surface area (Å²) in [6.07, 6.45) is 8.95. The fourth-order valence-corrected chi connectivity index (χ4v) is 4.24. The van der Waals surface area contributed by atoms with E-state index < -0.39 is 0 Å². The van der Waals surface area contributed by atoms with Crippen molar-refractivity contribution >= 4 is 28.4 Å². The van der Waals surface area contributed by atoms with Crippen LogP contribution in [-0.2, 0) is 4.74 Å². The SMILES string of the molecule is C[N+]1(CCNc2nn3ccccc3c2N=C2C=C(OCCO)C(N)=CC2=N)CCCCC1.[Cl-]. The van der Waals surface area contributed by atoms with Crippen LogP contribution in [0.1, 0.15) is 19.3 Å². The van der Waals surface area contributed by atoms with Gasteiger partial charge in [-0.05, 0) is 37.5 Å². The second-order valence-electron chi connectivity index (χ2n) is 8.60. The van der Waals surface area contributed by atoms with Crippen molar-refractivity contribution in [3.8, 4) is 0 Å². The molecule has 33 heavy (non-hydrogen) atoms. The number of nitrogens with two attached hydrogens (primary N) is 1. The van der Waals surface area contributed by atoms with Crippen LogP contribution >= 0.6 is 0 Å². The van der Waals surface area contributed by atoms with Gasteiger partial charge in [-0.25, -0.2) is 9.51 Å². The number of aromatic nitrogens is 2. The number of aliphatic hydroxyl groups excluding tert-OH is 1. The Bertz CT molecular complexity index is 1080. The number of allylic oxidation sites excluding steroid dienone is 2. The fourth-order valence-electron chi connectivity index (χ4n) is 4.24. The Morgan fingerprint density at radius 3 is 2.82 bits per heavy atom. The summed E-state index contributed by atoms with van der Waals surface area (Å²) in [6.45, 7) is 4.26. The second-order valence-corrected chi connectivity index (χ2v) is 8.60. The van der Waals surface area contributed by atoms with Crippen molar-refractivity contribution in [1.82, 2.24) is 9.61 Å². The number of rotatable bonds is 8. The first-order valence-corrected chi connectivity index (χ1v) is 11.1. The third-order valence-electron chi connectivity index (χ3n) is 6.06. The van der Waals surface area contributed by atoms with Crippen LogP contribution in [-0.4, -0.2) is 77.1 Å². The summed E-state index contributed by atoms with van der Waals surface area (Å²) in [7, 11) is 2.32. The van der Waals surface area contributed by atoms with Gasteiger partial charge in [0.15, 0.2) is 5.82 Å². The molecule has 0 saturated carbocycles. The van der Waals surface area contributed by atoms with Crippen LogP contribution in [0, 0.1) is 5.41 Å². The quantitative estimate of drug-likeness (QED) is 0.296. The lowest BCUT2D eigenvalue weighted by atomic mass is 10.1. The molecule has 1 aliphatic heterocycles. The lowest BCUT2D eigenvalue weighted by molar-refractivity contribution is -0.912. The molecular weight excluding hydrogens is 442 g/mol. The number of hydrogen-bond donors (Lipinski definition) is 4. The van der Waals surface area contributed by atoms with E-state index in [0.29, 0.717) is 28.7 Å². The third-order valence-corrected chi connectivity index (χ3v) is 6.06. The molecule has 1 fully saturated rings. The first-order valence-electron chi connectivity index (χ1n) is 11.1. The average molecular weight is 474 g/mol. The van der Waals surface area contributed by atoms with Crippen molar-refractivity contribution in [3.05, 3.63) is 48.0 Å². The van der Waals surface area contributed by atoms with E-state index in [-0.39, 0.29) is 31.3 Å². The molecule has 9 nitrogen and oxygen atoms in total. The van der Waals surface area contributed by atoms with E-state index in [1.54, 1.807) is 10.6 Å². The van der Waals surface area contributed by atoms with E-state index in [2.05, 4.69) is 17.5 Å². The van der Waals surface area contributed by atoms with Crippen molar-refractivity contribution in [2.75, 3.05) is 51.8 Å². The van der Waals surface area contributed by atoms with Crippen molar-refractivity contribution in [2.24, 2.45) is 10.7 Å². The van der Waals surface area contributed by atoms with E-state index in [0.717, 1.165) is 23.1 Å². The van der Waals surface area contributed by atoms with Crippen LogP contribution < -0.4 is 23.5 Å². The summed E-state index contributed by atoms with van der Waals surface area (Å²) >= 11 is 0. The number of likely N-dealkylation sites (N-methyl/N-ethyl adjacent to an activating group) is 1. The highest BCUT2D eigenvalue weighted by Gasteiger charge is 2.24. The second kappa shape index (κ2) is 10.8. The lowest BCUT2D eigenvalue weighted by Crippen LogP contribution is -3.00. The first-order chi connectivity index (χ1) is 15.5. The number of aliphatic hydroxyl groups is 1.